The number of likely N-dealkylation sites (tertiary alicyclic amines) is 1. The van der Waals surface area contributed by atoms with E-state index in [4.69, 9.17) is 5.73 Å². The molecule has 0 aromatic rings. The van der Waals surface area contributed by atoms with Gasteiger partial charge in [0, 0.05) is 18.6 Å². The minimum absolute atomic E-state index is 0.345. The van der Waals surface area contributed by atoms with Gasteiger partial charge in [-0.25, -0.2) is 0 Å². The SMILES string of the molecule is CCN(CC)C1CCN(CCC(C)N)C1. The zero-order chi connectivity index (χ0) is 11.3. The van der Waals surface area contributed by atoms with Crippen molar-refractivity contribution in [2.24, 2.45) is 5.73 Å². The maximum atomic E-state index is 5.78. The number of hydrogen-bond donors (Lipinski definition) is 1. The third-order valence-electron chi connectivity index (χ3n) is 3.48. The molecule has 3 heteroatoms. The molecule has 1 heterocycles. The normalized spacial score (nSPS) is 25.0. The van der Waals surface area contributed by atoms with Gasteiger partial charge in [-0.3, -0.25) is 4.90 Å². The lowest BCUT2D eigenvalue weighted by atomic mass is 10.2. The number of rotatable bonds is 6. The van der Waals surface area contributed by atoms with Crippen LogP contribution < -0.4 is 5.73 Å². The van der Waals surface area contributed by atoms with E-state index in [-0.39, 0.29) is 0 Å². The fourth-order valence-corrected chi connectivity index (χ4v) is 2.44. The highest BCUT2D eigenvalue weighted by molar-refractivity contribution is 4.82. The second-order valence-electron chi connectivity index (χ2n) is 4.73. The van der Waals surface area contributed by atoms with Gasteiger partial charge in [-0.05, 0) is 45.9 Å². The van der Waals surface area contributed by atoms with Crippen molar-refractivity contribution < 1.29 is 0 Å². The largest absolute Gasteiger partial charge is 0.328 e. The maximum absolute atomic E-state index is 5.78. The van der Waals surface area contributed by atoms with Gasteiger partial charge in [-0.15, -0.1) is 0 Å². The van der Waals surface area contributed by atoms with Crippen LogP contribution in [0.3, 0.4) is 0 Å². The molecule has 1 aliphatic heterocycles. The van der Waals surface area contributed by atoms with Crippen molar-refractivity contribution in [1.29, 1.82) is 0 Å². The molecule has 90 valence electrons. The lowest BCUT2D eigenvalue weighted by molar-refractivity contribution is 0.209. The van der Waals surface area contributed by atoms with E-state index >= 15 is 0 Å². The molecule has 0 aliphatic carbocycles. The highest BCUT2D eigenvalue weighted by Crippen LogP contribution is 2.15. The monoisotopic (exact) mass is 213 g/mol. The van der Waals surface area contributed by atoms with Crippen molar-refractivity contribution in [3.63, 3.8) is 0 Å². The minimum atomic E-state index is 0.345. The molecular weight excluding hydrogens is 186 g/mol. The highest BCUT2D eigenvalue weighted by atomic mass is 15.2. The van der Waals surface area contributed by atoms with E-state index in [1.165, 1.54) is 39.1 Å². The Kier molecular flexibility index (Phi) is 5.58. The van der Waals surface area contributed by atoms with Crippen molar-refractivity contribution in [2.75, 3.05) is 32.7 Å². The van der Waals surface area contributed by atoms with E-state index in [1.807, 2.05) is 0 Å². The summed E-state index contributed by atoms with van der Waals surface area (Å²) in [4.78, 5) is 5.14. The third kappa shape index (κ3) is 4.09. The van der Waals surface area contributed by atoms with Crippen molar-refractivity contribution in [3.05, 3.63) is 0 Å². The summed E-state index contributed by atoms with van der Waals surface area (Å²) < 4.78 is 0. The highest BCUT2D eigenvalue weighted by Gasteiger charge is 2.25. The number of nitrogens with zero attached hydrogens (tertiary/aromatic N) is 2. The first-order valence-electron chi connectivity index (χ1n) is 6.39. The Morgan fingerprint density at radius 3 is 2.60 bits per heavy atom. The second kappa shape index (κ2) is 6.46. The molecule has 0 spiro atoms. The minimum Gasteiger partial charge on any atom is -0.328 e. The van der Waals surface area contributed by atoms with Crippen molar-refractivity contribution in [2.45, 2.75) is 45.7 Å². The predicted molar refractivity (Wildman–Crippen MR) is 66.0 cm³/mol. The standard InChI is InChI=1S/C12H27N3/c1-4-15(5-2)12-7-9-14(10-12)8-6-11(3)13/h11-12H,4-10,13H2,1-3H3. The van der Waals surface area contributed by atoms with Gasteiger partial charge in [0.1, 0.15) is 0 Å². The molecule has 2 atom stereocenters. The molecule has 0 amide bonds. The summed E-state index contributed by atoms with van der Waals surface area (Å²) in [7, 11) is 0. The van der Waals surface area contributed by atoms with E-state index in [0.29, 0.717) is 6.04 Å². The smallest absolute Gasteiger partial charge is 0.0235 e. The summed E-state index contributed by atoms with van der Waals surface area (Å²) in [6.07, 6.45) is 2.46. The third-order valence-corrected chi connectivity index (χ3v) is 3.48. The summed E-state index contributed by atoms with van der Waals surface area (Å²) in [6, 6.07) is 1.13. The Morgan fingerprint density at radius 1 is 1.40 bits per heavy atom. The van der Waals surface area contributed by atoms with Gasteiger partial charge in [-0.2, -0.15) is 0 Å². The van der Waals surface area contributed by atoms with E-state index < -0.39 is 0 Å². The van der Waals surface area contributed by atoms with Crippen LogP contribution in [0.2, 0.25) is 0 Å². The molecule has 3 nitrogen and oxygen atoms in total. The fraction of sp³-hybridized carbons (Fsp3) is 1.00. The molecule has 0 aromatic carbocycles. The van der Waals surface area contributed by atoms with Crippen LogP contribution in [0.25, 0.3) is 0 Å². The molecule has 0 aromatic heterocycles. The Bertz CT molecular complexity index is 166. The van der Waals surface area contributed by atoms with Gasteiger partial charge in [0.2, 0.25) is 0 Å². The van der Waals surface area contributed by atoms with Gasteiger partial charge in [0.25, 0.3) is 0 Å². The van der Waals surface area contributed by atoms with E-state index in [0.717, 1.165) is 12.5 Å². The number of likely N-dealkylation sites (N-methyl/N-ethyl adjacent to an activating group) is 1. The number of nitrogens with two attached hydrogens (primary N) is 1. The first-order valence-corrected chi connectivity index (χ1v) is 6.39. The molecule has 0 saturated carbocycles. The molecule has 2 N–H and O–H groups in total. The van der Waals surface area contributed by atoms with Crippen molar-refractivity contribution in [3.8, 4) is 0 Å². The second-order valence-corrected chi connectivity index (χ2v) is 4.73. The molecule has 2 unspecified atom stereocenters. The Morgan fingerprint density at radius 2 is 2.07 bits per heavy atom. The zero-order valence-corrected chi connectivity index (χ0v) is 10.6. The van der Waals surface area contributed by atoms with Crippen LogP contribution in [0.1, 0.15) is 33.6 Å². The first kappa shape index (κ1) is 12.9. The van der Waals surface area contributed by atoms with Crippen LogP contribution in [0.4, 0.5) is 0 Å². The summed E-state index contributed by atoms with van der Waals surface area (Å²) in [6.45, 7) is 12.7. The molecule has 1 saturated heterocycles. The molecule has 0 bridgehead atoms. The van der Waals surface area contributed by atoms with E-state index in [2.05, 4.69) is 30.6 Å². The quantitative estimate of drug-likeness (QED) is 0.718. The molecule has 1 rings (SSSR count). The van der Waals surface area contributed by atoms with Crippen molar-refractivity contribution in [1.82, 2.24) is 9.80 Å². The van der Waals surface area contributed by atoms with Crippen LogP contribution in [-0.4, -0.2) is 54.6 Å². The zero-order valence-electron chi connectivity index (χ0n) is 10.6. The summed E-state index contributed by atoms with van der Waals surface area (Å²) in [5.74, 6) is 0. The van der Waals surface area contributed by atoms with Crippen LogP contribution in [-0.2, 0) is 0 Å². The number of hydrogen-bond acceptors (Lipinski definition) is 3. The van der Waals surface area contributed by atoms with Crippen molar-refractivity contribution >= 4 is 0 Å². The van der Waals surface area contributed by atoms with E-state index in [9.17, 15) is 0 Å². The Hall–Kier alpha value is -0.120. The fourth-order valence-electron chi connectivity index (χ4n) is 2.44. The average molecular weight is 213 g/mol. The molecule has 1 fully saturated rings. The Balaban J connectivity index is 2.25. The molecule has 0 radical (unpaired) electrons. The average Bonchev–Trinajstić information content (AvgIpc) is 2.65. The lowest BCUT2D eigenvalue weighted by Gasteiger charge is -2.26. The van der Waals surface area contributed by atoms with Crippen LogP contribution in [0.15, 0.2) is 0 Å². The molecule has 1 aliphatic rings. The summed E-state index contributed by atoms with van der Waals surface area (Å²) in [5.41, 5.74) is 5.78. The predicted octanol–water partition coefficient (Wildman–Crippen LogP) is 1.14. The first-order chi connectivity index (χ1) is 7.17. The van der Waals surface area contributed by atoms with E-state index in [1.54, 1.807) is 0 Å². The van der Waals surface area contributed by atoms with Crippen LogP contribution in [0.5, 0.6) is 0 Å². The van der Waals surface area contributed by atoms with Gasteiger partial charge in [0.15, 0.2) is 0 Å². The van der Waals surface area contributed by atoms with Gasteiger partial charge < -0.3 is 10.6 Å². The topological polar surface area (TPSA) is 32.5 Å². The summed E-state index contributed by atoms with van der Waals surface area (Å²) in [5, 5.41) is 0. The van der Waals surface area contributed by atoms with Crippen LogP contribution in [0, 0.1) is 0 Å². The molecular formula is C12H27N3. The molecule has 15 heavy (non-hydrogen) atoms. The summed E-state index contributed by atoms with van der Waals surface area (Å²) >= 11 is 0. The lowest BCUT2D eigenvalue weighted by Crippen LogP contribution is -2.37. The maximum Gasteiger partial charge on any atom is 0.0235 e. The van der Waals surface area contributed by atoms with Gasteiger partial charge >= 0.3 is 0 Å². The Labute approximate surface area is 94.6 Å². The van der Waals surface area contributed by atoms with Crippen LogP contribution >= 0.6 is 0 Å². The van der Waals surface area contributed by atoms with Gasteiger partial charge in [-0.1, -0.05) is 13.8 Å². The van der Waals surface area contributed by atoms with Gasteiger partial charge in [0.05, 0.1) is 0 Å².